The molecule has 1 aromatic carbocycles. The van der Waals surface area contributed by atoms with E-state index in [1.165, 1.54) is 12.0 Å². The predicted molar refractivity (Wildman–Crippen MR) is 105 cm³/mol. The molecule has 0 saturated carbocycles. The van der Waals surface area contributed by atoms with E-state index in [1.54, 1.807) is 38.4 Å². The van der Waals surface area contributed by atoms with Crippen LogP contribution in [0, 0.1) is 11.3 Å². The van der Waals surface area contributed by atoms with Gasteiger partial charge in [0.25, 0.3) is 0 Å². The number of rotatable bonds is 6. The molecule has 0 amide bonds. The average Bonchev–Trinajstić information content (AvgIpc) is 2.64. The maximum absolute atomic E-state index is 13.8. The fourth-order valence-corrected chi connectivity index (χ4v) is 4.07. The zero-order valence-electron chi connectivity index (χ0n) is 16.5. The second-order valence-corrected chi connectivity index (χ2v) is 8.32. The van der Waals surface area contributed by atoms with E-state index in [0.717, 1.165) is 11.8 Å². The zero-order valence-corrected chi connectivity index (χ0v) is 17.3. The Morgan fingerprint density at radius 1 is 1.31 bits per heavy atom. The van der Waals surface area contributed by atoms with Gasteiger partial charge in [0.2, 0.25) is 0 Å². The predicted octanol–water partition coefficient (Wildman–Crippen LogP) is 2.87. The Kier molecular flexibility index (Phi) is 8.21. The van der Waals surface area contributed by atoms with E-state index in [1.807, 2.05) is 0 Å². The zero-order chi connectivity index (χ0) is 21.8. The number of aryl methyl sites for hydroxylation is 1. The molecular formula is C19H27F3N2O4S. The number of hydrogen-bond donors (Lipinski definition) is 3. The lowest BCUT2D eigenvalue weighted by molar-refractivity contribution is -0.247. The number of thioether (sulfide) groups is 1. The van der Waals surface area contributed by atoms with Crippen LogP contribution in [0.1, 0.15) is 18.4 Å². The molecule has 0 radical (unpaired) electrons. The van der Waals surface area contributed by atoms with Crippen molar-refractivity contribution < 1.29 is 32.9 Å². The van der Waals surface area contributed by atoms with Gasteiger partial charge in [-0.15, -0.1) is 0 Å². The van der Waals surface area contributed by atoms with Crippen molar-refractivity contribution in [3.8, 4) is 5.75 Å². The van der Waals surface area contributed by atoms with Crippen molar-refractivity contribution >= 4 is 16.9 Å². The Labute approximate surface area is 172 Å². The minimum absolute atomic E-state index is 0.0540. The molecule has 1 aromatic rings. The highest BCUT2D eigenvalue weighted by Crippen LogP contribution is 2.40. The van der Waals surface area contributed by atoms with Crippen LogP contribution in [0.15, 0.2) is 24.3 Å². The minimum atomic E-state index is -4.61. The van der Waals surface area contributed by atoms with Gasteiger partial charge in [0.05, 0.1) is 25.2 Å². The molecule has 2 rings (SSSR count). The molecule has 10 heteroatoms. The molecule has 6 nitrogen and oxygen atoms in total. The second kappa shape index (κ2) is 10.0. The number of halogens is 3. The maximum Gasteiger partial charge on any atom is 0.394 e. The van der Waals surface area contributed by atoms with Gasteiger partial charge in [-0.05, 0) is 30.5 Å². The Bertz CT molecular complexity index is 672. The first-order chi connectivity index (χ1) is 13.5. The molecule has 164 valence electrons. The third kappa shape index (κ3) is 6.50. The van der Waals surface area contributed by atoms with Crippen molar-refractivity contribution in [3.63, 3.8) is 0 Å². The van der Waals surface area contributed by atoms with Crippen molar-refractivity contribution in [2.45, 2.75) is 49.2 Å². The standard InChI is InChI=1S/C19H27F3N2O4S/c1-24(2)18(23)29-15-10-14(25)16(26)17(28-15)13(19(20,21)22)9-6-11-4-7-12(27-3)8-5-11/h4-5,7-8,13-17,23,25-26H,6,9-10H2,1-3H3. The van der Waals surface area contributed by atoms with E-state index >= 15 is 0 Å². The number of amidine groups is 1. The molecular weight excluding hydrogens is 409 g/mol. The molecule has 5 atom stereocenters. The maximum atomic E-state index is 13.8. The summed E-state index contributed by atoms with van der Waals surface area (Å²) in [5.41, 5.74) is -0.148. The lowest BCUT2D eigenvalue weighted by Crippen LogP contribution is -2.54. The number of aliphatic hydroxyl groups excluding tert-OH is 2. The normalized spacial score (nSPS) is 26.1. The fraction of sp³-hybridized carbons (Fsp3) is 0.632. The van der Waals surface area contributed by atoms with Gasteiger partial charge in [0, 0.05) is 20.5 Å². The lowest BCUT2D eigenvalue weighted by atomic mass is 9.86. The fourth-order valence-electron chi connectivity index (χ4n) is 3.13. The molecule has 5 unspecified atom stereocenters. The number of nitrogens with zero attached hydrogens (tertiary/aromatic N) is 1. The van der Waals surface area contributed by atoms with Gasteiger partial charge in [0.1, 0.15) is 17.3 Å². The molecule has 0 spiro atoms. The van der Waals surface area contributed by atoms with Gasteiger partial charge in [0.15, 0.2) is 5.17 Å². The van der Waals surface area contributed by atoms with Crippen molar-refractivity contribution in [2.24, 2.45) is 5.92 Å². The molecule has 1 saturated heterocycles. The molecule has 0 bridgehead atoms. The van der Waals surface area contributed by atoms with Crippen LogP contribution >= 0.6 is 11.8 Å². The van der Waals surface area contributed by atoms with Crippen molar-refractivity contribution in [3.05, 3.63) is 29.8 Å². The van der Waals surface area contributed by atoms with E-state index in [4.69, 9.17) is 14.9 Å². The number of nitrogens with one attached hydrogen (secondary N) is 1. The molecule has 0 aromatic heterocycles. The topological polar surface area (TPSA) is 86.0 Å². The van der Waals surface area contributed by atoms with Crippen LogP contribution in [0.4, 0.5) is 13.2 Å². The van der Waals surface area contributed by atoms with Crippen LogP contribution in [0.5, 0.6) is 5.75 Å². The smallest absolute Gasteiger partial charge is 0.394 e. The molecule has 29 heavy (non-hydrogen) atoms. The van der Waals surface area contributed by atoms with Gasteiger partial charge in [-0.25, -0.2) is 0 Å². The average molecular weight is 436 g/mol. The SMILES string of the molecule is COc1ccc(CCC(C2OC(SC(=N)N(C)C)CC(O)C2O)C(F)(F)F)cc1. The number of hydrogen-bond acceptors (Lipinski definition) is 6. The summed E-state index contributed by atoms with van der Waals surface area (Å²) in [7, 11) is 4.77. The van der Waals surface area contributed by atoms with E-state index in [9.17, 15) is 23.4 Å². The Morgan fingerprint density at radius 2 is 1.93 bits per heavy atom. The summed E-state index contributed by atoms with van der Waals surface area (Å²) < 4.78 is 52.0. The summed E-state index contributed by atoms with van der Waals surface area (Å²) in [6.07, 6.45) is -9.45. The second-order valence-electron chi connectivity index (χ2n) is 7.18. The van der Waals surface area contributed by atoms with Crippen molar-refractivity contribution in [1.82, 2.24) is 4.90 Å². The van der Waals surface area contributed by atoms with Crippen LogP contribution < -0.4 is 4.74 Å². The number of benzene rings is 1. The molecule has 1 aliphatic rings. The Morgan fingerprint density at radius 3 is 2.45 bits per heavy atom. The lowest BCUT2D eigenvalue weighted by Gasteiger charge is -2.41. The van der Waals surface area contributed by atoms with Crippen LogP contribution in [0.2, 0.25) is 0 Å². The molecule has 1 aliphatic heterocycles. The summed E-state index contributed by atoms with van der Waals surface area (Å²) in [5.74, 6) is -1.34. The first-order valence-corrected chi connectivity index (χ1v) is 10.0. The van der Waals surface area contributed by atoms with Crippen LogP contribution in [-0.2, 0) is 11.2 Å². The third-order valence-electron chi connectivity index (χ3n) is 4.84. The summed E-state index contributed by atoms with van der Waals surface area (Å²) in [6, 6.07) is 6.73. The quantitative estimate of drug-likeness (QED) is 0.470. The van der Waals surface area contributed by atoms with E-state index in [-0.39, 0.29) is 24.4 Å². The van der Waals surface area contributed by atoms with Gasteiger partial charge in [-0.1, -0.05) is 23.9 Å². The first kappa shape index (κ1) is 23.8. The van der Waals surface area contributed by atoms with E-state index in [2.05, 4.69) is 0 Å². The highest BCUT2D eigenvalue weighted by molar-refractivity contribution is 8.14. The highest BCUT2D eigenvalue weighted by atomic mass is 32.2. The summed E-state index contributed by atoms with van der Waals surface area (Å²) >= 11 is 0.919. The van der Waals surface area contributed by atoms with Crippen LogP contribution in [0.3, 0.4) is 0 Å². The highest BCUT2D eigenvalue weighted by Gasteiger charge is 2.51. The van der Waals surface area contributed by atoms with Gasteiger partial charge in [-0.3, -0.25) is 5.41 Å². The third-order valence-corrected chi connectivity index (χ3v) is 6.00. The van der Waals surface area contributed by atoms with Gasteiger partial charge in [-0.2, -0.15) is 13.2 Å². The monoisotopic (exact) mass is 436 g/mol. The van der Waals surface area contributed by atoms with Crippen molar-refractivity contribution in [2.75, 3.05) is 21.2 Å². The van der Waals surface area contributed by atoms with Gasteiger partial charge < -0.3 is 24.6 Å². The Hall–Kier alpha value is -1.49. The molecule has 0 aliphatic carbocycles. The van der Waals surface area contributed by atoms with Crippen LogP contribution in [0.25, 0.3) is 0 Å². The molecule has 1 fully saturated rings. The summed E-state index contributed by atoms with van der Waals surface area (Å²) in [4.78, 5) is 1.49. The molecule has 3 N–H and O–H groups in total. The largest absolute Gasteiger partial charge is 0.497 e. The van der Waals surface area contributed by atoms with Gasteiger partial charge >= 0.3 is 6.18 Å². The number of methoxy groups -OCH3 is 1. The number of ether oxygens (including phenoxy) is 2. The Balaban J connectivity index is 2.14. The summed E-state index contributed by atoms with van der Waals surface area (Å²) in [5, 5.41) is 28.3. The van der Waals surface area contributed by atoms with Crippen LogP contribution in [-0.4, -0.2) is 71.4 Å². The number of aliphatic hydroxyl groups is 2. The van der Waals surface area contributed by atoms with E-state index < -0.39 is 35.8 Å². The number of alkyl halides is 3. The molecule has 1 heterocycles. The first-order valence-electron chi connectivity index (χ1n) is 9.16. The van der Waals surface area contributed by atoms with Crippen molar-refractivity contribution in [1.29, 1.82) is 5.41 Å². The minimum Gasteiger partial charge on any atom is -0.497 e. The van der Waals surface area contributed by atoms with E-state index in [0.29, 0.717) is 11.3 Å². The summed E-state index contributed by atoms with van der Waals surface area (Å²) in [6.45, 7) is 0.